The van der Waals surface area contributed by atoms with E-state index in [2.05, 4.69) is 19.9 Å². The number of aromatic amines is 1. The number of nitrogens with one attached hydrogen (secondary N) is 1. The Morgan fingerprint density at radius 3 is 2.92 bits per heavy atom. The molecule has 1 aromatic heterocycles. The predicted octanol–water partition coefficient (Wildman–Crippen LogP) is -0.572. The van der Waals surface area contributed by atoms with Gasteiger partial charge in [0.15, 0.2) is 0 Å². The van der Waals surface area contributed by atoms with Gasteiger partial charge in [0.25, 0.3) is 5.82 Å². The van der Waals surface area contributed by atoms with Crippen molar-refractivity contribution in [2.24, 2.45) is 0 Å². The van der Waals surface area contributed by atoms with Crippen molar-refractivity contribution in [3.05, 3.63) is 15.9 Å². The Balaban J connectivity index is 2.69. The monoisotopic (exact) mass is 186 g/mol. The molecule has 1 aromatic rings. The van der Waals surface area contributed by atoms with Crippen molar-refractivity contribution in [2.75, 3.05) is 7.11 Å². The molecule has 0 bridgehead atoms. The lowest BCUT2D eigenvalue weighted by atomic mass is 10.4. The van der Waals surface area contributed by atoms with E-state index in [9.17, 15) is 14.9 Å². The second-order valence-corrected chi connectivity index (χ2v) is 2.09. The normalized spacial score (nSPS) is 9.62. The molecule has 8 nitrogen and oxygen atoms in total. The van der Waals surface area contributed by atoms with Crippen molar-refractivity contribution in [1.82, 2.24) is 15.2 Å². The van der Waals surface area contributed by atoms with E-state index in [4.69, 9.17) is 0 Å². The minimum absolute atomic E-state index is 0.0403. The quantitative estimate of drug-likeness (QED) is 0.384. The van der Waals surface area contributed by atoms with Crippen LogP contribution >= 0.6 is 0 Å². The number of esters is 1. The first-order chi connectivity index (χ1) is 6.13. The van der Waals surface area contributed by atoms with Crippen LogP contribution in [0.25, 0.3) is 0 Å². The molecule has 0 spiro atoms. The number of hydrogen-bond donors (Lipinski definition) is 1. The fourth-order valence-electron chi connectivity index (χ4n) is 0.649. The summed E-state index contributed by atoms with van der Waals surface area (Å²) < 4.78 is 4.32. The van der Waals surface area contributed by atoms with Crippen LogP contribution in [0.15, 0.2) is 0 Å². The predicted molar refractivity (Wildman–Crippen MR) is 38.8 cm³/mol. The average molecular weight is 186 g/mol. The lowest BCUT2D eigenvalue weighted by molar-refractivity contribution is -0.394. The van der Waals surface area contributed by atoms with Crippen LogP contribution in [-0.2, 0) is 16.0 Å². The number of nitrogens with zero attached hydrogens (tertiary/aromatic N) is 3. The molecule has 0 aliphatic heterocycles. The van der Waals surface area contributed by atoms with E-state index in [1.807, 2.05) is 0 Å². The summed E-state index contributed by atoms with van der Waals surface area (Å²) in [6.07, 6.45) is -0.180. The smallest absolute Gasteiger partial charge is 0.453 e. The minimum Gasteiger partial charge on any atom is -0.469 e. The van der Waals surface area contributed by atoms with E-state index in [0.717, 1.165) is 0 Å². The van der Waals surface area contributed by atoms with Gasteiger partial charge in [-0.3, -0.25) is 4.79 Å². The van der Waals surface area contributed by atoms with E-state index >= 15 is 0 Å². The van der Waals surface area contributed by atoms with Gasteiger partial charge < -0.3 is 14.9 Å². The van der Waals surface area contributed by atoms with E-state index < -0.39 is 16.8 Å². The van der Waals surface area contributed by atoms with Crippen LogP contribution < -0.4 is 0 Å². The van der Waals surface area contributed by atoms with E-state index in [1.54, 1.807) is 0 Å². The Kier molecular flexibility index (Phi) is 2.52. The lowest BCUT2D eigenvalue weighted by Gasteiger charge is -1.89. The summed E-state index contributed by atoms with van der Waals surface area (Å²) in [5, 5.41) is 15.6. The summed E-state index contributed by atoms with van der Waals surface area (Å²) in [7, 11) is 1.21. The average Bonchev–Trinajstić information content (AvgIpc) is 2.52. The number of rotatable bonds is 3. The van der Waals surface area contributed by atoms with Crippen molar-refractivity contribution >= 4 is 11.9 Å². The van der Waals surface area contributed by atoms with Crippen molar-refractivity contribution in [2.45, 2.75) is 6.42 Å². The molecule has 0 atom stereocenters. The Morgan fingerprint density at radius 1 is 1.77 bits per heavy atom. The summed E-state index contributed by atoms with van der Waals surface area (Å²) in [4.78, 5) is 23.5. The maximum Gasteiger partial charge on any atom is 0.453 e. The Bertz CT molecular complexity index is 333. The van der Waals surface area contributed by atoms with Gasteiger partial charge in [-0.15, -0.1) is 5.10 Å². The summed E-state index contributed by atoms with van der Waals surface area (Å²) in [6, 6.07) is 0. The van der Waals surface area contributed by atoms with Crippen LogP contribution in [-0.4, -0.2) is 33.2 Å². The first-order valence-electron chi connectivity index (χ1n) is 3.26. The number of nitro groups is 1. The highest BCUT2D eigenvalue weighted by Gasteiger charge is 2.16. The molecule has 1 N–H and O–H groups in total. The van der Waals surface area contributed by atoms with Gasteiger partial charge in [0.1, 0.15) is 6.42 Å². The zero-order valence-corrected chi connectivity index (χ0v) is 6.68. The molecule has 0 unspecified atom stereocenters. The molecule has 1 heterocycles. The molecule has 1 rings (SSSR count). The van der Waals surface area contributed by atoms with Crippen molar-refractivity contribution in [3.8, 4) is 0 Å². The third-order valence-corrected chi connectivity index (χ3v) is 1.22. The summed E-state index contributed by atoms with van der Waals surface area (Å²) in [5.41, 5.74) is 0. The second kappa shape index (κ2) is 3.61. The fourth-order valence-corrected chi connectivity index (χ4v) is 0.649. The second-order valence-electron chi connectivity index (χ2n) is 2.09. The Morgan fingerprint density at radius 2 is 2.46 bits per heavy atom. The van der Waals surface area contributed by atoms with Gasteiger partial charge in [0.05, 0.1) is 7.11 Å². The van der Waals surface area contributed by atoms with Crippen LogP contribution in [0.1, 0.15) is 5.82 Å². The van der Waals surface area contributed by atoms with Gasteiger partial charge in [-0.1, -0.05) is 5.10 Å². The van der Waals surface area contributed by atoms with Gasteiger partial charge in [-0.25, -0.2) is 0 Å². The molecule has 0 fully saturated rings. The molecular weight excluding hydrogens is 180 g/mol. The summed E-state index contributed by atoms with van der Waals surface area (Å²) in [6.45, 7) is 0. The van der Waals surface area contributed by atoms with E-state index in [1.165, 1.54) is 7.11 Å². The maximum atomic E-state index is 10.7. The molecule has 8 heteroatoms. The lowest BCUT2D eigenvalue weighted by Crippen LogP contribution is -2.05. The highest BCUT2D eigenvalue weighted by molar-refractivity contribution is 5.71. The largest absolute Gasteiger partial charge is 0.469 e. The molecule has 13 heavy (non-hydrogen) atoms. The first-order valence-corrected chi connectivity index (χ1v) is 3.26. The van der Waals surface area contributed by atoms with Crippen molar-refractivity contribution in [1.29, 1.82) is 0 Å². The highest BCUT2D eigenvalue weighted by Crippen LogP contribution is 2.01. The van der Waals surface area contributed by atoms with Crippen LogP contribution in [0, 0.1) is 10.1 Å². The number of ether oxygens (including phenoxy) is 1. The van der Waals surface area contributed by atoms with Gasteiger partial charge >= 0.3 is 11.9 Å². The Hall–Kier alpha value is -1.99. The first kappa shape index (κ1) is 9.10. The van der Waals surface area contributed by atoms with E-state index in [0.29, 0.717) is 0 Å². The number of methoxy groups -OCH3 is 1. The van der Waals surface area contributed by atoms with Gasteiger partial charge in [-0.05, 0) is 9.91 Å². The van der Waals surface area contributed by atoms with E-state index in [-0.39, 0.29) is 12.2 Å². The molecule has 0 aliphatic carbocycles. The SMILES string of the molecule is COC(=O)Cc1n[nH]c([N+](=O)[O-])n1. The number of H-pyrrole nitrogens is 1. The van der Waals surface area contributed by atoms with Crippen LogP contribution in [0.4, 0.5) is 5.95 Å². The molecule has 0 amide bonds. The molecule has 0 aliphatic rings. The highest BCUT2D eigenvalue weighted by atomic mass is 16.6. The third-order valence-electron chi connectivity index (χ3n) is 1.22. The number of carbonyl (C=O) groups excluding carboxylic acids is 1. The minimum atomic E-state index is -0.728. The molecule has 0 aromatic carbocycles. The molecule has 0 saturated carbocycles. The number of hydrogen-bond acceptors (Lipinski definition) is 6. The van der Waals surface area contributed by atoms with Crippen LogP contribution in [0.5, 0.6) is 0 Å². The molecule has 0 radical (unpaired) electrons. The third kappa shape index (κ3) is 2.22. The zero-order valence-electron chi connectivity index (χ0n) is 6.68. The number of carbonyl (C=O) groups is 1. The number of aromatic nitrogens is 3. The van der Waals surface area contributed by atoms with Crippen LogP contribution in [0.2, 0.25) is 0 Å². The zero-order chi connectivity index (χ0) is 9.84. The molecule has 0 saturated heterocycles. The van der Waals surface area contributed by atoms with Crippen LogP contribution in [0.3, 0.4) is 0 Å². The fraction of sp³-hybridized carbons (Fsp3) is 0.400. The van der Waals surface area contributed by atoms with Crippen molar-refractivity contribution < 1.29 is 14.5 Å². The van der Waals surface area contributed by atoms with Gasteiger partial charge in [0, 0.05) is 0 Å². The maximum absolute atomic E-state index is 10.7. The van der Waals surface area contributed by atoms with Gasteiger partial charge in [-0.2, -0.15) is 0 Å². The summed E-state index contributed by atoms with van der Waals surface area (Å²) >= 11 is 0. The molecule has 70 valence electrons. The Labute approximate surface area is 72.1 Å². The van der Waals surface area contributed by atoms with Gasteiger partial charge in [0.2, 0.25) is 0 Å². The summed E-state index contributed by atoms with van der Waals surface area (Å²) in [5.74, 6) is -0.994. The topological polar surface area (TPSA) is 111 Å². The van der Waals surface area contributed by atoms with Crippen molar-refractivity contribution in [3.63, 3.8) is 0 Å². The standard InChI is InChI=1S/C5H6N4O4/c1-13-4(10)2-3-6-5(8-7-3)9(11)12/h2H2,1H3,(H,6,7,8). The molecular formula is C5H6N4O4.